The first kappa shape index (κ1) is 13.5. The molecule has 2 rings (SSSR count). The van der Waals surface area contributed by atoms with Gasteiger partial charge < -0.3 is 0 Å². The normalized spacial score (nSPS) is 9.89. The second-order valence-corrected chi connectivity index (χ2v) is 5.13. The molecule has 0 spiro atoms. The molecule has 4 nitrogen and oxygen atoms in total. The highest BCUT2D eigenvalue weighted by molar-refractivity contribution is 8.00. The molecule has 0 aliphatic heterocycles. The van der Waals surface area contributed by atoms with Gasteiger partial charge in [0.05, 0.1) is 15.4 Å². The first-order valence-corrected chi connectivity index (χ1v) is 6.53. The molecule has 0 saturated heterocycles. The summed E-state index contributed by atoms with van der Waals surface area (Å²) in [6.07, 6.45) is 0. The van der Waals surface area contributed by atoms with Gasteiger partial charge in [-0.05, 0) is 18.2 Å². The van der Waals surface area contributed by atoms with Gasteiger partial charge in [0.15, 0.2) is 0 Å². The Labute approximate surface area is 119 Å². The molecule has 0 unspecified atom stereocenters. The first-order chi connectivity index (χ1) is 9.13. The molecule has 0 atom stereocenters. The Balaban J connectivity index is 2.49. The SMILES string of the molecule is N#Cc1cccc(S)c1Sc1ccccc1[N+](=O)[O-]. The van der Waals surface area contributed by atoms with Crippen LogP contribution in [-0.2, 0) is 0 Å². The van der Waals surface area contributed by atoms with Crippen LogP contribution in [-0.4, -0.2) is 4.92 Å². The van der Waals surface area contributed by atoms with Crippen LogP contribution in [0.15, 0.2) is 57.2 Å². The van der Waals surface area contributed by atoms with Crippen LogP contribution >= 0.6 is 24.4 Å². The lowest BCUT2D eigenvalue weighted by atomic mass is 10.2. The first-order valence-electron chi connectivity index (χ1n) is 5.27. The highest BCUT2D eigenvalue weighted by Crippen LogP contribution is 2.39. The molecule has 0 heterocycles. The molecule has 0 bridgehead atoms. The lowest BCUT2D eigenvalue weighted by Crippen LogP contribution is -1.91. The predicted molar refractivity (Wildman–Crippen MR) is 75.6 cm³/mol. The van der Waals surface area contributed by atoms with E-state index in [2.05, 4.69) is 18.7 Å². The maximum Gasteiger partial charge on any atom is 0.283 e. The number of hydrogen-bond donors (Lipinski definition) is 1. The van der Waals surface area contributed by atoms with Crippen molar-refractivity contribution in [1.29, 1.82) is 5.26 Å². The van der Waals surface area contributed by atoms with Crippen LogP contribution in [0.25, 0.3) is 0 Å². The van der Waals surface area contributed by atoms with Crippen molar-refractivity contribution in [2.24, 2.45) is 0 Å². The van der Waals surface area contributed by atoms with Crippen molar-refractivity contribution in [3.05, 3.63) is 58.1 Å². The molecular weight excluding hydrogens is 280 g/mol. The zero-order chi connectivity index (χ0) is 13.8. The van der Waals surface area contributed by atoms with Crippen LogP contribution in [0.3, 0.4) is 0 Å². The van der Waals surface area contributed by atoms with Gasteiger partial charge in [-0.15, -0.1) is 12.6 Å². The quantitative estimate of drug-likeness (QED) is 0.528. The highest BCUT2D eigenvalue weighted by atomic mass is 32.2. The van der Waals surface area contributed by atoms with E-state index in [-0.39, 0.29) is 5.69 Å². The van der Waals surface area contributed by atoms with E-state index in [1.807, 2.05) is 0 Å². The number of nitrogens with zero attached hydrogens (tertiary/aromatic N) is 2. The average Bonchev–Trinajstić information content (AvgIpc) is 2.41. The molecule has 0 saturated carbocycles. The number of rotatable bonds is 3. The summed E-state index contributed by atoms with van der Waals surface area (Å²) in [6, 6.07) is 13.6. The maximum atomic E-state index is 11.0. The van der Waals surface area contributed by atoms with Gasteiger partial charge in [0, 0.05) is 15.9 Å². The molecular formula is C13H8N2O2S2. The molecule has 6 heteroatoms. The minimum atomic E-state index is -0.435. The smallest absolute Gasteiger partial charge is 0.258 e. The van der Waals surface area contributed by atoms with E-state index >= 15 is 0 Å². The second kappa shape index (κ2) is 5.78. The standard InChI is InChI=1S/C13H8N2O2S2/c14-8-9-4-3-6-11(18)13(9)19-12-7-2-1-5-10(12)15(16)17/h1-7,18H. The van der Waals surface area contributed by atoms with Crippen molar-refractivity contribution in [2.45, 2.75) is 14.7 Å². The van der Waals surface area contributed by atoms with Crippen LogP contribution in [0.4, 0.5) is 5.69 Å². The van der Waals surface area contributed by atoms with Gasteiger partial charge >= 0.3 is 0 Å². The fourth-order valence-corrected chi connectivity index (χ4v) is 2.88. The third-order valence-electron chi connectivity index (χ3n) is 2.39. The Kier molecular flexibility index (Phi) is 4.10. The third kappa shape index (κ3) is 2.89. The van der Waals surface area contributed by atoms with Crippen molar-refractivity contribution in [3.8, 4) is 6.07 Å². The molecule has 2 aromatic carbocycles. The van der Waals surface area contributed by atoms with Gasteiger partial charge in [-0.1, -0.05) is 30.0 Å². The largest absolute Gasteiger partial charge is 0.283 e. The van der Waals surface area contributed by atoms with Gasteiger partial charge in [-0.2, -0.15) is 5.26 Å². The van der Waals surface area contributed by atoms with E-state index in [4.69, 9.17) is 5.26 Å². The fraction of sp³-hybridized carbons (Fsp3) is 0. The molecule has 94 valence electrons. The molecule has 0 amide bonds. The van der Waals surface area contributed by atoms with Crippen LogP contribution in [0.5, 0.6) is 0 Å². The summed E-state index contributed by atoms with van der Waals surface area (Å²) >= 11 is 5.48. The molecule has 2 aromatic rings. The summed E-state index contributed by atoms with van der Waals surface area (Å²) in [5.41, 5.74) is 0.476. The second-order valence-electron chi connectivity index (χ2n) is 3.59. The number of benzene rings is 2. The van der Waals surface area contributed by atoms with E-state index in [0.29, 0.717) is 20.2 Å². The van der Waals surface area contributed by atoms with Crippen LogP contribution < -0.4 is 0 Å². The summed E-state index contributed by atoms with van der Waals surface area (Å²) in [5.74, 6) is 0. The zero-order valence-corrected chi connectivity index (χ0v) is 11.3. The van der Waals surface area contributed by atoms with Crippen LogP contribution in [0.1, 0.15) is 5.56 Å². The molecule has 0 radical (unpaired) electrons. The fourth-order valence-electron chi connectivity index (χ4n) is 1.52. The van der Waals surface area contributed by atoms with Gasteiger partial charge in [-0.3, -0.25) is 10.1 Å². The third-order valence-corrected chi connectivity index (χ3v) is 4.12. The Morgan fingerprint density at radius 3 is 2.63 bits per heavy atom. The van der Waals surface area contributed by atoms with E-state index in [9.17, 15) is 10.1 Å². The van der Waals surface area contributed by atoms with Gasteiger partial charge in [-0.25, -0.2) is 0 Å². The molecule has 0 aromatic heterocycles. The van der Waals surface area contributed by atoms with Crippen molar-refractivity contribution < 1.29 is 4.92 Å². The predicted octanol–water partition coefficient (Wildman–Crippen LogP) is 3.91. The van der Waals surface area contributed by atoms with E-state index in [0.717, 1.165) is 0 Å². The maximum absolute atomic E-state index is 11.0. The van der Waals surface area contributed by atoms with E-state index in [1.54, 1.807) is 36.4 Å². The van der Waals surface area contributed by atoms with Crippen molar-refractivity contribution in [2.75, 3.05) is 0 Å². The number of nitriles is 1. The Morgan fingerprint density at radius 2 is 1.95 bits per heavy atom. The lowest BCUT2D eigenvalue weighted by Gasteiger charge is -2.07. The summed E-state index contributed by atoms with van der Waals surface area (Å²) in [5, 5.41) is 20.0. The molecule has 0 fully saturated rings. The Bertz CT molecular complexity index is 681. The molecule has 0 aliphatic carbocycles. The molecule has 0 N–H and O–H groups in total. The van der Waals surface area contributed by atoms with Crippen molar-refractivity contribution in [3.63, 3.8) is 0 Å². The monoisotopic (exact) mass is 288 g/mol. The summed E-state index contributed by atoms with van der Waals surface area (Å²) in [4.78, 5) is 12.3. The van der Waals surface area contributed by atoms with E-state index < -0.39 is 4.92 Å². The van der Waals surface area contributed by atoms with Crippen LogP contribution in [0.2, 0.25) is 0 Å². The highest BCUT2D eigenvalue weighted by Gasteiger charge is 2.16. The van der Waals surface area contributed by atoms with Crippen molar-refractivity contribution >= 4 is 30.1 Å². The Hall–Kier alpha value is -1.97. The van der Waals surface area contributed by atoms with Gasteiger partial charge in [0.1, 0.15) is 6.07 Å². The van der Waals surface area contributed by atoms with Crippen molar-refractivity contribution in [1.82, 2.24) is 0 Å². The number of thiol groups is 1. The number of hydrogen-bond acceptors (Lipinski definition) is 5. The molecule has 19 heavy (non-hydrogen) atoms. The topological polar surface area (TPSA) is 66.9 Å². The number of para-hydroxylation sites is 1. The number of nitro groups is 1. The summed E-state index contributed by atoms with van der Waals surface area (Å²) in [7, 11) is 0. The zero-order valence-electron chi connectivity index (χ0n) is 9.61. The van der Waals surface area contributed by atoms with Crippen LogP contribution in [0, 0.1) is 21.4 Å². The summed E-state index contributed by atoms with van der Waals surface area (Å²) < 4.78 is 0. The van der Waals surface area contributed by atoms with Gasteiger partial charge in [0.2, 0.25) is 0 Å². The minimum Gasteiger partial charge on any atom is -0.258 e. The minimum absolute atomic E-state index is 0.0213. The average molecular weight is 288 g/mol. The number of nitro benzene ring substituents is 1. The summed E-state index contributed by atoms with van der Waals surface area (Å²) in [6.45, 7) is 0. The van der Waals surface area contributed by atoms with E-state index in [1.165, 1.54) is 17.8 Å². The lowest BCUT2D eigenvalue weighted by molar-refractivity contribution is -0.387. The Morgan fingerprint density at radius 1 is 1.21 bits per heavy atom. The van der Waals surface area contributed by atoms with Gasteiger partial charge in [0.25, 0.3) is 5.69 Å². The molecule has 0 aliphatic rings.